The minimum absolute atomic E-state index is 0.163. The van der Waals surface area contributed by atoms with Gasteiger partial charge in [0.25, 0.3) is 0 Å². The zero-order valence-corrected chi connectivity index (χ0v) is 23.9. The maximum absolute atomic E-state index is 13.1. The maximum Gasteiger partial charge on any atom is 0.243 e. The number of piperidine rings is 1. The largest absolute Gasteiger partial charge is 0.508 e. The molecule has 41 heavy (non-hydrogen) atoms. The van der Waals surface area contributed by atoms with E-state index in [0.717, 1.165) is 12.1 Å². The van der Waals surface area contributed by atoms with Crippen molar-refractivity contribution in [3.8, 4) is 11.5 Å². The Bertz CT molecular complexity index is 1360. The lowest BCUT2D eigenvalue weighted by molar-refractivity contribution is -0.114. The highest BCUT2D eigenvalue weighted by molar-refractivity contribution is 7.89. The van der Waals surface area contributed by atoms with Gasteiger partial charge in [-0.2, -0.15) is 4.31 Å². The Morgan fingerprint density at radius 1 is 0.976 bits per heavy atom. The van der Waals surface area contributed by atoms with Gasteiger partial charge in [-0.15, -0.1) is 0 Å². The van der Waals surface area contributed by atoms with Crippen LogP contribution in [-0.2, 0) is 21.2 Å². The molecule has 220 valence electrons. The van der Waals surface area contributed by atoms with E-state index in [4.69, 9.17) is 4.74 Å². The first-order chi connectivity index (χ1) is 19.7. The van der Waals surface area contributed by atoms with E-state index in [1.165, 1.54) is 41.1 Å². The molecule has 1 atom stereocenters. The first kappa shape index (κ1) is 30.3. The number of phenols is 1. The highest BCUT2D eigenvalue weighted by atomic mass is 32.2. The van der Waals surface area contributed by atoms with Crippen LogP contribution in [0, 0.1) is 0 Å². The van der Waals surface area contributed by atoms with Gasteiger partial charge in [0.2, 0.25) is 15.9 Å². The number of anilines is 2. The van der Waals surface area contributed by atoms with Gasteiger partial charge in [-0.25, -0.2) is 8.42 Å². The summed E-state index contributed by atoms with van der Waals surface area (Å²) in [7, 11) is -3.59. The van der Waals surface area contributed by atoms with Crippen molar-refractivity contribution < 1.29 is 28.2 Å². The number of rotatable bonds is 13. The molecule has 5 N–H and O–H groups in total. The van der Waals surface area contributed by atoms with E-state index in [9.17, 15) is 23.4 Å². The number of phenolic OH excluding ortho intramolecular Hbond substituents is 1. The number of hydrogen-bond donors (Lipinski definition) is 5. The first-order valence-corrected chi connectivity index (χ1v) is 15.2. The van der Waals surface area contributed by atoms with E-state index in [1.807, 2.05) is 12.1 Å². The summed E-state index contributed by atoms with van der Waals surface area (Å²) in [5, 5.41) is 28.8. The minimum Gasteiger partial charge on any atom is -0.508 e. The van der Waals surface area contributed by atoms with E-state index in [-0.39, 0.29) is 29.2 Å². The Balaban J connectivity index is 1.14. The topological polar surface area (TPSA) is 140 Å². The van der Waals surface area contributed by atoms with Crippen LogP contribution in [0.15, 0.2) is 77.7 Å². The summed E-state index contributed by atoms with van der Waals surface area (Å²) in [6, 6.07) is 21.0. The number of amides is 1. The van der Waals surface area contributed by atoms with Crippen molar-refractivity contribution in [1.82, 2.24) is 9.62 Å². The number of benzene rings is 3. The average molecular weight is 583 g/mol. The number of nitrogens with zero attached hydrogens (tertiary/aromatic N) is 1. The van der Waals surface area contributed by atoms with Gasteiger partial charge in [0.1, 0.15) is 24.2 Å². The van der Waals surface area contributed by atoms with E-state index in [0.29, 0.717) is 50.5 Å². The maximum atomic E-state index is 13.1. The van der Waals surface area contributed by atoms with Crippen molar-refractivity contribution in [1.29, 1.82) is 0 Å². The van der Waals surface area contributed by atoms with Crippen molar-refractivity contribution in [3.63, 3.8) is 0 Å². The molecule has 0 saturated carbocycles. The van der Waals surface area contributed by atoms with Crippen LogP contribution in [0.25, 0.3) is 0 Å². The molecule has 3 aromatic rings. The van der Waals surface area contributed by atoms with Crippen molar-refractivity contribution in [3.05, 3.63) is 78.4 Å². The molecule has 1 saturated heterocycles. The molecule has 1 aliphatic rings. The molecule has 4 rings (SSSR count). The van der Waals surface area contributed by atoms with Gasteiger partial charge < -0.3 is 30.9 Å². The normalized spacial score (nSPS) is 15.3. The Morgan fingerprint density at radius 2 is 1.61 bits per heavy atom. The predicted molar refractivity (Wildman–Crippen MR) is 159 cm³/mol. The van der Waals surface area contributed by atoms with Gasteiger partial charge in [0.05, 0.1) is 4.90 Å². The second-order valence-corrected chi connectivity index (χ2v) is 12.1. The number of carbonyl (C=O) groups excluding carboxylic acids is 1. The van der Waals surface area contributed by atoms with E-state index < -0.39 is 16.1 Å². The number of sulfonamides is 1. The third-order valence-electron chi connectivity index (χ3n) is 6.84. The van der Waals surface area contributed by atoms with Crippen LogP contribution in [0.3, 0.4) is 0 Å². The third kappa shape index (κ3) is 9.19. The second kappa shape index (κ2) is 14.3. The van der Waals surface area contributed by atoms with Crippen molar-refractivity contribution in [2.24, 2.45) is 0 Å². The number of hydrogen-bond acceptors (Lipinski definition) is 8. The Kier molecular flexibility index (Phi) is 10.6. The predicted octanol–water partition coefficient (Wildman–Crippen LogP) is 3.19. The first-order valence-electron chi connectivity index (χ1n) is 13.7. The molecule has 10 nitrogen and oxygen atoms in total. The number of carbonyl (C=O) groups is 1. The molecular weight excluding hydrogens is 544 g/mol. The lowest BCUT2D eigenvalue weighted by atomic mass is 10.1. The molecule has 1 heterocycles. The van der Waals surface area contributed by atoms with Gasteiger partial charge in [0, 0.05) is 44.0 Å². The molecule has 0 radical (unpaired) electrons. The van der Waals surface area contributed by atoms with Crippen LogP contribution >= 0.6 is 0 Å². The number of aliphatic hydroxyl groups excluding tert-OH is 1. The fourth-order valence-electron chi connectivity index (χ4n) is 4.60. The molecule has 1 amide bonds. The molecule has 1 fully saturated rings. The Labute approximate surface area is 241 Å². The average Bonchev–Trinajstić information content (AvgIpc) is 2.96. The van der Waals surface area contributed by atoms with Crippen LogP contribution in [0.4, 0.5) is 11.4 Å². The van der Waals surface area contributed by atoms with Crippen LogP contribution in [0.5, 0.6) is 11.5 Å². The van der Waals surface area contributed by atoms with Crippen molar-refractivity contribution in [2.45, 2.75) is 43.2 Å². The molecule has 11 heteroatoms. The summed E-state index contributed by atoms with van der Waals surface area (Å²) in [6.45, 7) is 3.56. The van der Waals surface area contributed by atoms with Crippen LogP contribution in [0.2, 0.25) is 0 Å². The molecule has 0 aromatic heterocycles. The summed E-state index contributed by atoms with van der Waals surface area (Å²) < 4.78 is 33.1. The summed E-state index contributed by atoms with van der Waals surface area (Å²) >= 11 is 0. The second-order valence-electron chi connectivity index (χ2n) is 10.1. The zero-order valence-electron chi connectivity index (χ0n) is 23.1. The van der Waals surface area contributed by atoms with Crippen molar-refractivity contribution >= 4 is 27.3 Å². The van der Waals surface area contributed by atoms with Gasteiger partial charge in [0.15, 0.2) is 0 Å². The summed E-state index contributed by atoms with van der Waals surface area (Å²) in [6.07, 6.45) is 1.57. The fourth-order valence-corrected chi connectivity index (χ4v) is 6.07. The lowest BCUT2D eigenvalue weighted by Gasteiger charge is -2.32. The molecule has 0 spiro atoms. The standard InChI is InChI=1S/C30H38N4O6S/c1-22(35)32-24-6-12-30(13-7-24)41(38,39)34-18-15-26(16-19-34)33-25-4-2-23(3-5-25)14-17-31-20-28(37)21-40-29-10-8-27(36)9-11-29/h2-13,26,28,31,33,36-37H,14-21H2,1H3,(H,32,35)/t28-/m0/s1. The molecular formula is C30H38N4O6S. The van der Waals surface area contributed by atoms with Crippen molar-refractivity contribution in [2.75, 3.05) is 43.4 Å². The Hall–Kier alpha value is -3.64. The number of aliphatic hydroxyl groups is 1. The highest BCUT2D eigenvalue weighted by Gasteiger charge is 2.29. The fraction of sp³-hybridized carbons (Fsp3) is 0.367. The highest BCUT2D eigenvalue weighted by Crippen LogP contribution is 2.24. The smallest absolute Gasteiger partial charge is 0.243 e. The molecule has 3 aromatic carbocycles. The van der Waals surface area contributed by atoms with Gasteiger partial charge >= 0.3 is 0 Å². The molecule has 1 aliphatic heterocycles. The van der Waals surface area contributed by atoms with E-state index in [2.05, 4.69) is 28.1 Å². The summed E-state index contributed by atoms with van der Waals surface area (Å²) in [5.41, 5.74) is 2.73. The summed E-state index contributed by atoms with van der Waals surface area (Å²) in [5.74, 6) is 0.559. The van der Waals surface area contributed by atoms with Crippen LogP contribution in [0.1, 0.15) is 25.3 Å². The zero-order chi connectivity index (χ0) is 29.2. The van der Waals surface area contributed by atoms with Gasteiger partial charge in [-0.1, -0.05) is 12.1 Å². The monoisotopic (exact) mass is 582 g/mol. The van der Waals surface area contributed by atoms with E-state index in [1.54, 1.807) is 24.3 Å². The van der Waals surface area contributed by atoms with Gasteiger partial charge in [-0.05, 0) is 92.0 Å². The van der Waals surface area contributed by atoms with Gasteiger partial charge in [-0.3, -0.25) is 4.79 Å². The third-order valence-corrected chi connectivity index (χ3v) is 8.75. The van der Waals surface area contributed by atoms with Crippen LogP contribution < -0.4 is 20.7 Å². The quantitative estimate of drug-likeness (QED) is 0.194. The SMILES string of the molecule is CC(=O)Nc1ccc(S(=O)(=O)N2CCC(Nc3ccc(CCNC[C@H](O)COc4ccc(O)cc4)cc3)CC2)cc1. The number of nitrogens with one attached hydrogen (secondary N) is 3. The number of ether oxygens (including phenoxy) is 1. The van der Waals surface area contributed by atoms with E-state index >= 15 is 0 Å². The minimum atomic E-state index is -3.59. The Morgan fingerprint density at radius 3 is 2.24 bits per heavy atom. The molecule has 0 bridgehead atoms. The lowest BCUT2D eigenvalue weighted by Crippen LogP contribution is -2.42. The summed E-state index contributed by atoms with van der Waals surface area (Å²) in [4.78, 5) is 11.4. The number of aromatic hydroxyl groups is 1. The van der Waals surface area contributed by atoms with Crippen LogP contribution in [-0.4, -0.2) is 73.8 Å². The molecule has 0 aliphatic carbocycles. The molecule has 0 unspecified atom stereocenters.